The summed E-state index contributed by atoms with van der Waals surface area (Å²) >= 11 is 12.7. The molecule has 2 fully saturated rings. The van der Waals surface area contributed by atoms with Gasteiger partial charge in [-0.15, -0.1) is 0 Å². The van der Waals surface area contributed by atoms with Gasteiger partial charge in [-0.1, -0.05) is 37.0 Å². The van der Waals surface area contributed by atoms with Gasteiger partial charge < -0.3 is 9.80 Å². The first kappa shape index (κ1) is 17.8. The third-order valence-electron chi connectivity index (χ3n) is 5.44. The number of allylic oxidation sites excluding steroid dienone is 2. The second kappa shape index (κ2) is 7.09. The molecule has 3 aliphatic rings. The van der Waals surface area contributed by atoms with Crippen molar-refractivity contribution in [3.8, 4) is 0 Å². The van der Waals surface area contributed by atoms with Gasteiger partial charge in [-0.05, 0) is 37.5 Å². The molecule has 0 unspecified atom stereocenters. The fourth-order valence-electron chi connectivity index (χ4n) is 3.65. The summed E-state index contributed by atoms with van der Waals surface area (Å²) in [6, 6.07) is 0. The molecule has 3 rings (SSSR count). The largest absolute Gasteiger partial charge is 0.367 e. The van der Waals surface area contributed by atoms with Crippen molar-refractivity contribution in [3.63, 3.8) is 0 Å². The van der Waals surface area contributed by atoms with Crippen LogP contribution < -0.4 is 0 Å². The molecule has 0 bridgehead atoms. The van der Waals surface area contributed by atoms with Crippen LogP contribution >= 0.6 is 23.2 Å². The number of nitrogens with zero attached hydrogens (tertiary/aromatic N) is 2. The van der Waals surface area contributed by atoms with E-state index in [2.05, 4.69) is 13.8 Å². The third kappa shape index (κ3) is 3.23. The number of hydrogen-bond donors (Lipinski definition) is 0. The van der Waals surface area contributed by atoms with E-state index >= 15 is 0 Å². The van der Waals surface area contributed by atoms with Gasteiger partial charge in [0.1, 0.15) is 21.5 Å². The topological polar surface area (TPSA) is 40.6 Å². The van der Waals surface area contributed by atoms with Crippen molar-refractivity contribution >= 4 is 34.8 Å². The summed E-state index contributed by atoms with van der Waals surface area (Å²) in [5.74, 6) is 0.660. The maximum absolute atomic E-state index is 12.8. The Labute approximate surface area is 153 Å². The highest BCUT2D eigenvalue weighted by Gasteiger charge is 2.39. The summed E-state index contributed by atoms with van der Waals surface area (Å²) < 4.78 is 0. The number of piperidine rings is 2. The molecule has 0 aromatic rings. The average Bonchev–Trinajstić information content (AvgIpc) is 2.57. The molecule has 0 radical (unpaired) electrons. The van der Waals surface area contributed by atoms with Gasteiger partial charge in [0.15, 0.2) is 0 Å². The summed E-state index contributed by atoms with van der Waals surface area (Å²) in [5, 5.41) is 0.0696. The summed E-state index contributed by atoms with van der Waals surface area (Å²) in [4.78, 5) is 29.5. The van der Waals surface area contributed by atoms with Gasteiger partial charge >= 0.3 is 0 Å². The van der Waals surface area contributed by atoms with Crippen LogP contribution in [-0.2, 0) is 9.59 Å². The number of likely N-dealkylation sites (tertiary alicyclic amines) is 2. The van der Waals surface area contributed by atoms with E-state index in [1.54, 1.807) is 0 Å². The van der Waals surface area contributed by atoms with Gasteiger partial charge in [-0.2, -0.15) is 0 Å². The molecule has 0 spiro atoms. The highest BCUT2D eigenvalue weighted by Crippen LogP contribution is 2.35. The number of hydrogen-bond acceptors (Lipinski definition) is 4. The number of carbonyl (C=O) groups excluding carboxylic acids is 2. The second-order valence-electron chi connectivity index (χ2n) is 7.32. The van der Waals surface area contributed by atoms with Crippen LogP contribution in [0.25, 0.3) is 0 Å². The monoisotopic (exact) mass is 370 g/mol. The molecule has 2 aliphatic heterocycles. The van der Waals surface area contributed by atoms with Crippen molar-refractivity contribution in [1.82, 2.24) is 9.80 Å². The molecule has 0 aromatic carbocycles. The van der Waals surface area contributed by atoms with Crippen molar-refractivity contribution in [2.75, 3.05) is 26.2 Å². The molecule has 2 saturated heterocycles. The third-order valence-corrected chi connectivity index (χ3v) is 6.15. The molecule has 0 N–H and O–H groups in total. The number of halogens is 2. The zero-order chi connectivity index (χ0) is 17.4. The minimum Gasteiger partial charge on any atom is -0.367 e. The van der Waals surface area contributed by atoms with Gasteiger partial charge in [0.05, 0.1) is 0 Å². The minimum absolute atomic E-state index is 0.0348. The lowest BCUT2D eigenvalue weighted by molar-refractivity contribution is -0.118. The first-order chi connectivity index (χ1) is 11.4. The Balaban J connectivity index is 1.86. The minimum atomic E-state index is -0.301. The Bertz CT molecular complexity index is 557. The standard InChI is InChI=1S/C18H24Cl2N2O2/c1-11-3-7-21(8-4-11)15-13(19)18(24)16(14(20)17(15)23)22-9-5-12(2)6-10-22/h11-12H,3-10H2,1-2H3. The summed E-state index contributed by atoms with van der Waals surface area (Å²) in [5.41, 5.74) is 0.598. The number of ketones is 2. The summed E-state index contributed by atoms with van der Waals surface area (Å²) in [6.45, 7) is 7.37. The predicted octanol–water partition coefficient (Wildman–Crippen LogP) is 3.50. The Hall–Kier alpha value is -1.00. The van der Waals surface area contributed by atoms with Crippen molar-refractivity contribution in [2.24, 2.45) is 11.8 Å². The Morgan fingerprint density at radius 1 is 0.708 bits per heavy atom. The predicted molar refractivity (Wildman–Crippen MR) is 95.7 cm³/mol. The van der Waals surface area contributed by atoms with Crippen molar-refractivity contribution in [2.45, 2.75) is 39.5 Å². The van der Waals surface area contributed by atoms with Crippen LogP contribution in [0.5, 0.6) is 0 Å². The maximum Gasteiger partial charge on any atom is 0.224 e. The molecule has 0 saturated carbocycles. The average molecular weight is 371 g/mol. The number of carbonyl (C=O) groups is 2. The molecule has 2 heterocycles. The van der Waals surface area contributed by atoms with Crippen molar-refractivity contribution in [3.05, 3.63) is 21.5 Å². The molecule has 1 aliphatic carbocycles. The lowest BCUT2D eigenvalue weighted by Crippen LogP contribution is -2.42. The molecule has 6 heteroatoms. The lowest BCUT2D eigenvalue weighted by Gasteiger charge is -2.38. The van der Waals surface area contributed by atoms with Gasteiger partial charge in [-0.25, -0.2) is 0 Å². The first-order valence-electron chi connectivity index (χ1n) is 8.79. The molecule has 24 heavy (non-hydrogen) atoms. The SMILES string of the molecule is CC1CCN(C2=C(Cl)C(=O)C(N3CCC(C)CC3)=C(Cl)C2=O)CC1. The summed E-state index contributed by atoms with van der Waals surface area (Å²) in [7, 11) is 0. The van der Waals surface area contributed by atoms with Crippen molar-refractivity contribution < 1.29 is 9.59 Å². The van der Waals surface area contributed by atoms with E-state index in [9.17, 15) is 9.59 Å². The highest BCUT2D eigenvalue weighted by atomic mass is 35.5. The number of rotatable bonds is 2. The van der Waals surface area contributed by atoms with E-state index in [4.69, 9.17) is 23.2 Å². The fraction of sp³-hybridized carbons (Fsp3) is 0.667. The smallest absolute Gasteiger partial charge is 0.224 e. The normalized spacial score (nSPS) is 25.2. The molecular weight excluding hydrogens is 347 g/mol. The molecule has 0 amide bonds. The van der Waals surface area contributed by atoms with Crippen LogP contribution in [-0.4, -0.2) is 47.5 Å². The molecule has 132 valence electrons. The van der Waals surface area contributed by atoms with Crippen LogP contribution in [0.2, 0.25) is 0 Å². The molecule has 0 aromatic heterocycles. The highest BCUT2D eigenvalue weighted by molar-refractivity contribution is 6.55. The van der Waals surface area contributed by atoms with Gasteiger partial charge in [0.2, 0.25) is 11.6 Å². The zero-order valence-electron chi connectivity index (χ0n) is 14.3. The Kier molecular flexibility index (Phi) is 5.26. The van der Waals surface area contributed by atoms with E-state index < -0.39 is 0 Å². The second-order valence-corrected chi connectivity index (χ2v) is 8.08. The maximum atomic E-state index is 12.8. The van der Waals surface area contributed by atoms with E-state index in [0.29, 0.717) is 23.2 Å². The summed E-state index contributed by atoms with van der Waals surface area (Å²) in [6.07, 6.45) is 3.97. The molecule has 0 atom stereocenters. The molecular formula is C18H24Cl2N2O2. The van der Waals surface area contributed by atoms with Gasteiger partial charge in [-0.3, -0.25) is 9.59 Å². The Morgan fingerprint density at radius 2 is 1.00 bits per heavy atom. The lowest BCUT2D eigenvalue weighted by atomic mass is 9.94. The van der Waals surface area contributed by atoms with Crippen LogP contribution in [0.1, 0.15) is 39.5 Å². The van der Waals surface area contributed by atoms with E-state index in [0.717, 1.165) is 51.9 Å². The molecule has 4 nitrogen and oxygen atoms in total. The van der Waals surface area contributed by atoms with Crippen molar-refractivity contribution in [1.29, 1.82) is 0 Å². The van der Waals surface area contributed by atoms with Gasteiger partial charge in [0, 0.05) is 26.2 Å². The zero-order valence-corrected chi connectivity index (χ0v) is 15.8. The van der Waals surface area contributed by atoms with E-state index in [1.807, 2.05) is 9.80 Å². The van der Waals surface area contributed by atoms with Crippen LogP contribution in [0.4, 0.5) is 0 Å². The first-order valence-corrected chi connectivity index (χ1v) is 9.54. The van der Waals surface area contributed by atoms with E-state index in [-0.39, 0.29) is 21.6 Å². The van der Waals surface area contributed by atoms with E-state index in [1.165, 1.54) is 0 Å². The van der Waals surface area contributed by atoms with Crippen LogP contribution in [0, 0.1) is 11.8 Å². The van der Waals surface area contributed by atoms with Gasteiger partial charge in [0.25, 0.3) is 0 Å². The number of Topliss-reactive ketones (excluding diaryl/α,β-unsaturated/α-hetero) is 2. The van der Waals surface area contributed by atoms with Crippen LogP contribution in [0.3, 0.4) is 0 Å². The fourth-order valence-corrected chi connectivity index (χ4v) is 4.24. The van der Waals surface area contributed by atoms with Crippen LogP contribution in [0.15, 0.2) is 21.5 Å². The quantitative estimate of drug-likeness (QED) is 0.697. The Morgan fingerprint density at radius 3 is 1.29 bits per heavy atom.